The van der Waals surface area contributed by atoms with E-state index < -0.39 is 0 Å². The zero-order valence-corrected chi connectivity index (χ0v) is 9.50. The van der Waals surface area contributed by atoms with Gasteiger partial charge >= 0.3 is 0 Å². The van der Waals surface area contributed by atoms with Crippen LogP contribution in [0.5, 0.6) is 0 Å². The Morgan fingerprint density at radius 3 is 2.80 bits per heavy atom. The number of carbonyl (C=O) groups is 1. The highest BCUT2D eigenvalue weighted by molar-refractivity contribution is 6.00. The van der Waals surface area contributed by atoms with Crippen molar-refractivity contribution in [1.82, 2.24) is 0 Å². The summed E-state index contributed by atoms with van der Waals surface area (Å²) >= 11 is 0. The first-order chi connectivity index (χ1) is 7.19. The van der Waals surface area contributed by atoms with Gasteiger partial charge in [0.1, 0.15) is 0 Å². The average molecular weight is 203 g/mol. The van der Waals surface area contributed by atoms with Gasteiger partial charge in [-0.25, -0.2) is 0 Å². The average Bonchev–Trinajstić information content (AvgIpc) is 2.21. The van der Waals surface area contributed by atoms with Crippen molar-refractivity contribution in [3.05, 3.63) is 41.5 Å². The Hall–Kier alpha value is -1.57. The van der Waals surface area contributed by atoms with Crippen molar-refractivity contribution in [2.24, 2.45) is 0 Å². The fourth-order valence-electron chi connectivity index (χ4n) is 1.52. The number of para-hydroxylation sites is 1. The minimum absolute atomic E-state index is 0.0681. The van der Waals surface area contributed by atoms with Crippen molar-refractivity contribution in [1.29, 1.82) is 0 Å². The Bertz CT molecular complexity index is 380. The Morgan fingerprint density at radius 1 is 1.47 bits per heavy atom. The quantitative estimate of drug-likeness (QED) is 0.751. The maximum Gasteiger partial charge on any atom is 0.248 e. The van der Waals surface area contributed by atoms with Crippen LogP contribution in [0.4, 0.5) is 5.69 Å². The van der Waals surface area contributed by atoms with Crippen LogP contribution < -0.4 is 5.32 Å². The molecule has 0 saturated heterocycles. The topological polar surface area (TPSA) is 29.1 Å². The van der Waals surface area contributed by atoms with Crippen molar-refractivity contribution in [3.63, 3.8) is 0 Å². The van der Waals surface area contributed by atoms with Crippen LogP contribution >= 0.6 is 0 Å². The summed E-state index contributed by atoms with van der Waals surface area (Å²) in [7, 11) is 0. The van der Waals surface area contributed by atoms with E-state index in [4.69, 9.17) is 0 Å². The molecule has 0 spiro atoms. The first-order valence-corrected chi connectivity index (χ1v) is 5.21. The first-order valence-electron chi connectivity index (χ1n) is 5.21. The number of carbonyl (C=O) groups excluding carboxylic acids is 1. The number of amides is 1. The predicted molar refractivity (Wildman–Crippen MR) is 64.0 cm³/mol. The maximum atomic E-state index is 11.4. The Morgan fingerprint density at radius 2 is 2.20 bits per heavy atom. The molecule has 0 aromatic heterocycles. The number of nitrogens with one attached hydrogen (secondary N) is 1. The second-order valence-corrected chi connectivity index (χ2v) is 3.45. The van der Waals surface area contributed by atoms with Gasteiger partial charge in [0.2, 0.25) is 5.91 Å². The standard InChI is InChI=1S/C13H17NO/c1-4-7-12(15)14-13-10(3)8-6-9-11(13)5-2/h4,6-9H,5H2,1-3H3,(H,14,15). The second-order valence-electron chi connectivity index (χ2n) is 3.45. The van der Waals surface area contributed by atoms with Crippen molar-refractivity contribution < 1.29 is 4.79 Å². The van der Waals surface area contributed by atoms with Crippen LogP contribution in [0, 0.1) is 6.92 Å². The lowest BCUT2D eigenvalue weighted by Gasteiger charge is -2.11. The van der Waals surface area contributed by atoms with E-state index in [0.29, 0.717) is 0 Å². The molecule has 0 aliphatic carbocycles. The first kappa shape index (κ1) is 11.5. The zero-order chi connectivity index (χ0) is 11.3. The molecule has 0 aliphatic rings. The molecule has 1 rings (SSSR count). The lowest BCUT2D eigenvalue weighted by Crippen LogP contribution is -2.10. The minimum atomic E-state index is -0.0681. The summed E-state index contributed by atoms with van der Waals surface area (Å²) in [6, 6.07) is 6.06. The van der Waals surface area contributed by atoms with E-state index in [-0.39, 0.29) is 5.91 Å². The van der Waals surface area contributed by atoms with Crippen LogP contribution in [-0.4, -0.2) is 5.91 Å². The summed E-state index contributed by atoms with van der Waals surface area (Å²) < 4.78 is 0. The summed E-state index contributed by atoms with van der Waals surface area (Å²) in [5.74, 6) is -0.0681. The van der Waals surface area contributed by atoms with Gasteiger partial charge in [0.15, 0.2) is 0 Å². The molecule has 1 amide bonds. The van der Waals surface area contributed by atoms with Crippen LogP contribution in [0.1, 0.15) is 25.0 Å². The molecule has 0 radical (unpaired) electrons. The Labute approximate surface area is 91.0 Å². The summed E-state index contributed by atoms with van der Waals surface area (Å²) in [4.78, 5) is 11.4. The molecule has 1 aromatic rings. The van der Waals surface area contributed by atoms with Gasteiger partial charge in [0.25, 0.3) is 0 Å². The third-order valence-electron chi connectivity index (χ3n) is 2.31. The number of rotatable bonds is 3. The largest absolute Gasteiger partial charge is 0.322 e. The fourth-order valence-corrected chi connectivity index (χ4v) is 1.52. The lowest BCUT2D eigenvalue weighted by atomic mass is 10.1. The molecule has 0 atom stereocenters. The molecule has 2 heteroatoms. The van der Waals surface area contributed by atoms with Gasteiger partial charge in [-0.15, -0.1) is 0 Å². The molecular formula is C13H17NO. The summed E-state index contributed by atoms with van der Waals surface area (Å²) in [5.41, 5.74) is 3.23. The molecule has 1 N–H and O–H groups in total. The van der Waals surface area contributed by atoms with E-state index in [0.717, 1.165) is 17.7 Å². The third kappa shape index (κ3) is 2.94. The third-order valence-corrected chi connectivity index (χ3v) is 2.31. The van der Waals surface area contributed by atoms with Crippen molar-refractivity contribution >= 4 is 11.6 Å². The van der Waals surface area contributed by atoms with Gasteiger partial charge in [-0.3, -0.25) is 4.79 Å². The summed E-state index contributed by atoms with van der Waals surface area (Å²) in [6.07, 6.45) is 4.19. The minimum Gasteiger partial charge on any atom is -0.322 e. The van der Waals surface area contributed by atoms with Crippen molar-refractivity contribution in [2.75, 3.05) is 5.32 Å². The Balaban J connectivity index is 2.97. The SMILES string of the molecule is CC=CC(=O)Nc1c(C)cccc1CC. The predicted octanol–water partition coefficient (Wildman–Crippen LogP) is 3.07. The number of aryl methyl sites for hydroxylation is 2. The molecule has 0 aliphatic heterocycles. The van der Waals surface area contributed by atoms with Gasteiger partial charge in [0, 0.05) is 5.69 Å². The lowest BCUT2D eigenvalue weighted by molar-refractivity contribution is -0.111. The van der Waals surface area contributed by atoms with Gasteiger partial charge in [-0.2, -0.15) is 0 Å². The highest BCUT2D eigenvalue weighted by Crippen LogP contribution is 2.20. The van der Waals surface area contributed by atoms with Crippen LogP contribution in [0.2, 0.25) is 0 Å². The highest BCUT2D eigenvalue weighted by Gasteiger charge is 2.05. The van der Waals surface area contributed by atoms with E-state index >= 15 is 0 Å². The van der Waals surface area contributed by atoms with E-state index in [1.165, 1.54) is 11.6 Å². The smallest absolute Gasteiger partial charge is 0.248 e. The molecule has 80 valence electrons. The fraction of sp³-hybridized carbons (Fsp3) is 0.308. The molecule has 0 saturated carbocycles. The normalized spacial score (nSPS) is 10.6. The molecule has 2 nitrogen and oxygen atoms in total. The van der Waals surface area contributed by atoms with Gasteiger partial charge in [-0.1, -0.05) is 31.2 Å². The summed E-state index contributed by atoms with van der Waals surface area (Å²) in [5, 5.41) is 2.90. The number of benzene rings is 1. The van der Waals surface area contributed by atoms with Crippen molar-refractivity contribution in [3.8, 4) is 0 Å². The number of hydrogen-bond acceptors (Lipinski definition) is 1. The monoisotopic (exact) mass is 203 g/mol. The van der Waals surface area contributed by atoms with Gasteiger partial charge < -0.3 is 5.32 Å². The maximum absolute atomic E-state index is 11.4. The molecule has 0 heterocycles. The highest BCUT2D eigenvalue weighted by atomic mass is 16.1. The molecular weight excluding hydrogens is 186 g/mol. The van der Waals surface area contributed by atoms with Crippen molar-refractivity contribution in [2.45, 2.75) is 27.2 Å². The van der Waals surface area contributed by atoms with Crippen LogP contribution in [0.25, 0.3) is 0 Å². The summed E-state index contributed by atoms with van der Waals surface area (Å²) in [6.45, 7) is 5.92. The van der Waals surface area contributed by atoms with Gasteiger partial charge in [-0.05, 0) is 37.5 Å². The molecule has 15 heavy (non-hydrogen) atoms. The van der Waals surface area contributed by atoms with Crippen LogP contribution in [0.15, 0.2) is 30.4 Å². The Kier molecular flexibility index (Phi) is 4.10. The number of hydrogen-bond donors (Lipinski definition) is 1. The van der Waals surface area contributed by atoms with Crippen LogP contribution in [-0.2, 0) is 11.2 Å². The second kappa shape index (κ2) is 5.35. The van der Waals surface area contributed by atoms with E-state index in [1.54, 1.807) is 6.08 Å². The van der Waals surface area contributed by atoms with Gasteiger partial charge in [0.05, 0.1) is 0 Å². The molecule has 0 bridgehead atoms. The van der Waals surface area contributed by atoms with E-state index in [9.17, 15) is 4.79 Å². The molecule has 0 fully saturated rings. The van der Waals surface area contributed by atoms with E-state index in [1.807, 2.05) is 32.0 Å². The van der Waals surface area contributed by atoms with E-state index in [2.05, 4.69) is 12.2 Å². The molecule has 0 unspecified atom stereocenters. The zero-order valence-electron chi connectivity index (χ0n) is 9.50. The molecule has 1 aromatic carbocycles. The number of allylic oxidation sites excluding steroid dienone is 1. The van der Waals surface area contributed by atoms with Crippen LogP contribution in [0.3, 0.4) is 0 Å². The number of anilines is 1.